The lowest BCUT2D eigenvalue weighted by molar-refractivity contribution is 0.584. The first-order chi connectivity index (χ1) is 24.2. The third-order valence-electron chi connectivity index (χ3n) is 9.74. The van der Waals surface area contributed by atoms with Gasteiger partial charge in [0.1, 0.15) is 5.52 Å². The molecule has 0 amide bonds. The number of aromatic nitrogens is 1. The Morgan fingerprint density at radius 2 is 1.24 bits per heavy atom. The van der Waals surface area contributed by atoms with E-state index in [0.29, 0.717) is 11.8 Å². The van der Waals surface area contributed by atoms with Crippen LogP contribution in [0.1, 0.15) is 57.2 Å². The number of fused-ring (bicyclic) bond motifs is 4. The average molecular weight is 649 g/mol. The molecular weight excluding hydrogens is 609 g/mol. The molecule has 244 valence electrons. The highest BCUT2D eigenvalue weighted by molar-refractivity contribution is 6.14. The minimum Gasteiger partial charge on any atom is -0.436 e. The van der Waals surface area contributed by atoms with Crippen LogP contribution in [0.15, 0.2) is 149 Å². The number of para-hydroxylation sites is 1. The lowest BCUT2D eigenvalue weighted by Gasteiger charge is -2.20. The third-order valence-corrected chi connectivity index (χ3v) is 9.74. The molecule has 0 radical (unpaired) electrons. The van der Waals surface area contributed by atoms with E-state index in [4.69, 9.17) is 14.4 Å². The van der Waals surface area contributed by atoms with Crippen molar-refractivity contribution in [1.29, 1.82) is 0 Å². The Morgan fingerprint density at radius 1 is 0.620 bits per heavy atom. The fourth-order valence-electron chi connectivity index (χ4n) is 6.80. The van der Waals surface area contributed by atoms with Gasteiger partial charge in [-0.1, -0.05) is 144 Å². The lowest BCUT2D eigenvalue weighted by Crippen LogP contribution is -2.11. The van der Waals surface area contributed by atoms with Gasteiger partial charge in [0, 0.05) is 17.3 Å². The maximum Gasteiger partial charge on any atom is 0.229 e. The van der Waals surface area contributed by atoms with Crippen molar-refractivity contribution >= 4 is 44.5 Å². The van der Waals surface area contributed by atoms with E-state index in [9.17, 15) is 0 Å². The highest BCUT2D eigenvalue weighted by atomic mass is 16.3. The molecule has 0 saturated heterocycles. The van der Waals surface area contributed by atoms with E-state index < -0.39 is 0 Å². The van der Waals surface area contributed by atoms with Gasteiger partial charge in [-0.2, -0.15) is 0 Å². The average Bonchev–Trinajstić information content (AvgIpc) is 3.58. The van der Waals surface area contributed by atoms with Crippen LogP contribution >= 0.6 is 0 Å². The second-order valence-corrected chi connectivity index (χ2v) is 14.5. The van der Waals surface area contributed by atoms with Crippen LogP contribution in [0.4, 0.5) is 5.69 Å². The molecule has 0 saturated carbocycles. The minimum absolute atomic E-state index is 0.0706. The van der Waals surface area contributed by atoms with E-state index in [1.54, 1.807) is 0 Å². The zero-order valence-electron chi connectivity index (χ0n) is 29.2. The minimum atomic E-state index is -0.0706. The predicted octanol–water partition coefficient (Wildman–Crippen LogP) is 13.3. The van der Waals surface area contributed by atoms with Gasteiger partial charge in [-0.05, 0) is 91.0 Å². The Bertz CT molecular complexity index is 2530. The topological polar surface area (TPSA) is 38.4 Å². The van der Waals surface area contributed by atoms with Crippen molar-refractivity contribution in [2.24, 2.45) is 4.99 Å². The summed E-state index contributed by atoms with van der Waals surface area (Å²) in [5, 5.41) is 4.83. The zero-order valence-corrected chi connectivity index (χ0v) is 29.2. The lowest BCUT2D eigenvalue weighted by atomic mass is 9.85. The van der Waals surface area contributed by atoms with Crippen LogP contribution in [0.2, 0.25) is 0 Å². The largest absolute Gasteiger partial charge is 0.436 e. The second-order valence-electron chi connectivity index (χ2n) is 14.5. The van der Waals surface area contributed by atoms with Gasteiger partial charge < -0.3 is 4.42 Å². The number of aliphatic imine (C=N–C) groups is 1. The molecule has 0 N–H and O–H groups in total. The molecule has 3 heteroatoms. The summed E-state index contributed by atoms with van der Waals surface area (Å²) in [6, 6.07) is 49.5. The van der Waals surface area contributed by atoms with Crippen molar-refractivity contribution in [2.75, 3.05) is 0 Å². The number of hydrogen-bond donors (Lipinski definition) is 0. The summed E-state index contributed by atoms with van der Waals surface area (Å²) in [6.07, 6.45) is 1.97. The molecule has 50 heavy (non-hydrogen) atoms. The second kappa shape index (κ2) is 12.6. The first kappa shape index (κ1) is 31.5. The van der Waals surface area contributed by atoms with E-state index in [2.05, 4.69) is 150 Å². The van der Waals surface area contributed by atoms with E-state index in [-0.39, 0.29) is 5.41 Å². The quantitative estimate of drug-likeness (QED) is 0.133. The molecular formula is C47H40N2O. The SMILES string of the molecule is CC(C)c1ccc(-c2ccc(-c3cc(C(C)(C)C)cc4oc(-c5ccccc5N=Cc5cc6ccccc6c6ccccc56)nc34)cc2)cc1. The van der Waals surface area contributed by atoms with Crippen LogP contribution in [0.3, 0.4) is 0 Å². The molecule has 0 aliphatic heterocycles. The zero-order chi connectivity index (χ0) is 34.4. The van der Waals surface area contributed by atoms with Gasteiger partial charge in [0.15, 0.2) is 5.58 Å². The summed E-state index contributed by atoms with van der Waals surface area (Å²) in [5.41, 5.74) is 11.4. The molecule has 0 fully saturated rings. The summed E-state index contributed by atoms with van der Waals surface area (Å²) >= 11 is 0. The van der Waals surface area contributed by atoms with Crippen molar-refractivity contribution in [1.82, 2.24) is 4.98 Å². The predicted molar refractivity (Wildman–Crippen MR) is 212 cm³/mol. The molecule has 0 atom stereocenters. The normalized spacial score (nSPS) is 12.2. The first-order valence-corrected chi connectivity index (χ1v) is 17.4. The van der Waals surface area contributed by atoms with Crippen molar-refractivity contribution in [3.8, 4) is 33.7 Å². The third kappa shape index (κ3) is 5.90. The Kier molecular flexibility index (Phi) is 7.92. The summed E-state index contributed by atoms with van der Waals surface area (Å²) in [6.45, 7) is 11.2. The molecule has 3 nitrogen and oxygen atoms in total. The number of benzene rings is 7. The van der Waals surface area contributed by atoms with Crippen molar-refractivity contribution in [3.63, 3.8) is 0 Å². The van der Waals surface area contributed by atoms with E-state index in [0.717, 1.165) is 39.0 Å². The van der Waals surface area contributed by atoms with Gasteiger partial charge in [-0.15, -0.1) is 0 Å². The molecule has 8 rings (SSSR count). The Hall–Kier alpha value is -5.80. The molecule has 0 bridgehead atoms. The maximum absolute atomic E-state index is 6.61. The van der Waals surface area contributed by atoms with Crippen LogP contribution in [-0.2, 0) is 5.41 Å². The smallest absolute Gasteiger partial charge is 0.229 e. The number of oxazole rings is 1. The molecule has 0 aliphatic rings. The van der Waals surface area contributed by atoms with Gasteiger partial charge >= 0.3 is 0 Å². The number of hydrogen-bond acceptors (Lipinski definition) is 3. The number of rotatable bonds is 6. The van der Waals surface area contributed by atoms with Crippen LogP contribution < -0.4 is 0 Å². The van der Waals surface area contributed by atoms with E-state index >= 15 is 0 Å². The van der Waals surface area contributed by atoms with Crippen LogP contribution in [0.5, 0.6) is 0 Å². The molecule has 1 heterocycles. The van der Waals surface area contributed by atoms with Crippen molar-refractivity contribution < 1.29 is 4.42 Å². The van der Waals surface area contributed by atoms with Crippen LogP contribution in [-0.4, -0.2) is 11.2 Å². The van der Waals surface area contributed by atoms with Crippen LogP contribution in [0, 0.1) is 0 Å². The van der Waals surface area contributed by atoms with Gasteiger partial charge in [-0.3, -0.25) is 4.99 Å². The summed E-state index contributed by atoms with van der Waals surface area (Å²) in [5.74, 6) is 1.07. The Morgan fingerprint density at radius 3 is 1.96 bits per heavy atom. The van der Waals surface area contributed by atoms with Crippen molar-refractivity contribution in [3.05, 3.63) is 156 Å². The van der Waals surface area contributed by atoms with Gasteiger partial charge in [-0.25, -0.2) is 4.98 Å². The van der Waals surface area contributed by atoms with Gasteiger partial charge in [0.05, 0.1) is 11.3 Å². The fraction of sp³-hybridized carbons (Fsp3) is 0.149. The van der Waals surface area contributed by atoms with Gasteiger partial charge in [0.25, 0.3) is 0 Å². The fourth-order valence-corrected chi connectivity index (χ4v) is 6.80. The molecule has 7 aromatic carbocycles. The molecule has 0 unspecified atom stereocenters. The first-order valence-electron chi connectivity index (χ1n) is 17.4. The maximum atomic E-state index is 6.61. The molecule has 0 aliphatic carbocycles. The van der Waals surface area contributed by atoms with Gasteiger partial charge in [0.2, 0.25) is 5.89 Å². The Labute approximate surface area is 294 Å². The van der Waals surface area contributed by atoms with Crippen LogP contribution in [0.25, 0.3) is 66.4 Å². The molecule has 0 spiro atoms. The summed E-state index contributed by atoms with van der Waals surface area (Å²) in [4.78, 5) is 10.2. The Balaban J connectivity index is 1.20. The number of nitrogens with zero attached hydrogens (tertiary/aromatic N) is 2. The van der Waals surface area contributed by atoms with Crippen molar-refractivity contribution in [2.45, 2.75) is 46.0 Å². The standard InChI is InChI=1S/C47H40N2O/c1-30(2)31-18-20-32(21-19-31)33-22-24-34(25-23-33)42-27-37(47(3,4)5)28-44-45(42)49-46(50-44)41-16-10-11-17-43(41)48-29-36-26-35-12-6-7-13-38(35)40-15-9-8-14-39(36)40/h6-30H,1-5H3. The van der Waals surface area contributed by atoms with E-state index in [1.165, 1.54) is 43.8 Å². The monoisotopic (exact) mass is 648 g/mol. The summed E-state index contributed by atoms with van der Waals surface area (Å²) in [7, 11) is 0. The highest BCUT2D eigenvalue weighted by Crippen LogP contribution is 2.39. The summed E-state index contributed by atoms with van der Waals surface area (Å²) < 4.78 is 6.61. The van der Waals surface area contributed by atoms with E-state index in [1.807, 2.05) is 30.5 Å². The molecule has 1 aromatic heterocycles. The highest BCUT2D eigenvalue weighted by Gasteiger charge is 2.21. The molecule has 8 aromatic rings.